The number of hydrogen-bond donors (Lipinski definition) is 0. The first-order valence-electron chi connectivity index (χ1n) is 13.7. The lowest BCUT2D eigenvalue weighted by Gasteiger charge is -2.30. The maximum Gasteiger partial charge on any atom is 0.0829 e. The summed E-state index contributed by atoms with van der Waals surface area (Å²) in [5.41, 5.74) is 1.32. The van der Waals surface area contributed by atoms with Crippen molar-refractivity contribution in [2.75, 3.05) is 6.61 Å². The summed E-state index contributed by atoms with van der Waals surface area (Å²) in [6.45, 7) is 8.38. The van der Waals surface area contributed by atoms with Crippen LogP contribution in [0.25, 0.3) is 0 Å². The molecular weight excluding hydrogens is 388 g/mol. The molecule has 1 aromatic rings. The maximum atomic E-state index is 6.10. The van der Waals surface area contributed by atoms with Crippen LogP contribution >= 0.6 is 0 Å². The predicted molar refractivity (Wildman–Crippen MR) is 139 cm³/mol. The van der Waals surface area contributed by atoms with Crippen LogP contribution in [0.1, 0.15) is 108 Å². The first-order valence-corrected chi connectivity index (χ1v) is 13.7. The molecule has 1 nitrogen and oxygen atoms in total. The quantitative estimate of drug-likeness (QED) is 0.208. The molecule has 0 N–H and O–H groups in total. The van der Waals surface area contributed by atoms with Crippen molar-refractivity contribution in [1.82, 2.24) is 0 Å². The molecule has 0 spiro atoms. The summed E-state index contributed by atoms with van der Waals surface area (Å²) < 4.78 is 6.10. The van der Waals surface area contributed by atoms with Crippen molar-refractivity contribution in [3.63, 3.8) is 0 Å². The molecule has 178 valence electrons. The van der Waals surface area contributed by atoms with E-state index >= 15 is 0 Å². The van der Waals surface area contributed by atoms with Crippen molar-refractivity contribution >= 4 is 0 Å². The molecule has 3 rings (SSSR count). The molecule has 0 heterocycles. The summed E-state index contributed by atoms with van der Waals surface area (Å²) in [5.74, 6) is 3.86. The van der Waals surface area contributed by atoms with Crippen molar-refractivity contribution in [2.24, 2.45) is 23.7 Å². The van der Waals surface area contributed by atoms with Crippen LogP contribution in [-0.4, -0.2) is 6.61 Å². The fraction of sp³-hybridized carbons (Fsp3) is 0.677. The van der Waals surface area contributed by atoms with Gasteiger partial charge in [0.1, 0.15) is 0 Å². The first kappa shape index (κ1) is 25.3. The minimum atomic E-state index is 0.221. The van der Waals surface area contributed by atoms with Crippen LogP contribution in [-0.2, 0) is 4.74 Å². The minimum Gasteiger partial charge on any atom is -0.369 e. The van der Waals surface area contributed by atoms with Gasteiger partial charge in [-0.05, 0) is 61.3 Å². The van der Waals surface area contributed by atoms with Crippen molar-refractivity contribution in [3.8, 4) is 0 Å². The van der Waals surface area contributed by atoms with Crippen molar-refractivity contribution in [2.45, 2.75) is 102 Å². The molecule has 0 amide bonds. The van der Waals surface area contributed by atoms with Crippen LogP contribution in [0, 0.1) is 23.7 Å². The topological polar surface area (TPSA) is 9.23 Å². The van der Waals surface area contributed by atoms with Crippen molar-refractivity contribution in [1.29, 1.82) is 0 Å². The van der Waals surface area contributed by atoms with Gasteiger partial charge in [0.2, 0.25) is 0 Å². The van der Waals surface area contributed by atoms with E-state index in [2.05, 4.69) is 49.6 Å². The largest absolute Gasteiger partial charge is 0.369 e. The van der Waals surface area contributed by atoms with Gasteiger partial charge in [0, 0.05) is 0 Å². The molecule has 2 saturated carbocycles. The smallest absolute Gasteiger partial charge is 0.0829 e. The molecular formula is C31H48O. The van der Waals surface area contributed by atoms with Gasteiger partial charge in [-0.3, -0.25) is 0 Å². The number of rotatable bonds is 14. The number of ether oxygens (including phenoxy) is 1. The molecule has 0 aliphatic heterocycles. The Morgan fingerprint density at radius 1 is 0.719 bits per heavy atom. The Bertz CT molecular complexity index is 619. The van der Waals surface area contributed by atoms with Gasteiger partial charge >= 0.3 is 0 Å². The summed E-state index contributed by atoms with van der Waals surface area (Å²) in [6.07, 6.45) is 25.4. The summed E-state index contributed by atoms with van der Waals surface area (Å²) >= 11 is 0. The molecule has 32 heavy (non-hydrogen) atoms. The average Bonchev–Trinajstić information content (AvgIpc) is 2.84. The third kappa shape index (κ3) is 8.89. The van der Waals surface area contributed by atoms with E-state index in [-0.39, 0.29) is 6.10 Å². The highest BCUT2D eigenvalue weighted by Crippen LogP contribution is 2.37. The molecule has 2 aliphatic carbocycles. The Kier molecular flexibility index (Phi) is 11.6. The average molecular weight is 437 g/mol. The van der Waals surface area contributed by atoms with Crippen LogP contribution in [0.5, 0.6) is 0 Å². The van der Waals surface area contributed by atoms with Crippen molar-refractivity contribution in [3.05, 3.63) is 61.2 Å². The lowest BCUT2D eigenvalue weighted by Crippen LogP contribution is -2.16. The Morgan fingerprint density at radius 2 is 1.25 bits per heavy atom. The zero-order chi connectivity index (χ0) is 22.4. The standard InChI is InChI=1S/C31H48O/c1-3-10-26-15-17-27(18-16-26)11-8-9-12-28-19-21-29(22-20-28)23-24-31(32-25-4-2)30-13-6-5-7-14-30/h3-7,13-14,26-29,31H,1-2,8-12,15-25H2. The Hall–Kier alpha value is -1.34. The van der Waals surface area contributed by atoms with Crippen molar-refractivity contribution < 1.29 is 4.74 Å². The molecule has 0 aromatic heterocycles. The molecule has 2 fully saturated rings. The van der Waals surface area contributed by atoms with E-state index in [4.69, 9.17) is 4.74 Å². The Morgan fingerprint density at radius 3 is 1.78 bits per heavy atom. The van der Waals surface area contributed by atoms with E-state index in [0.717, 1.165) is 30.1 Å². The van der Waals surface area contributed by atoms with Gasteiger partial charge in [-0.2, -0.15) is 0 Å². The molecule has 1 heteroatoms. The van der Waals surface area contributed by atoms with Crippen LogP contribution in [0.3, 0.4) is 0 Å². The second kappa shape index (κ2) is 14.7. The van der Waals surface area contributed by atoms with Crippen LogP contribution in [0.2, 0.25) is 0 Å². The normalized spacial score (nSPS) is 27.0. The monoisotopic (exact) mass is 436 g/mol. The van der Waals surface area contributed by atoms with Crippen LogP contribution < -0.4 is 0 Å². The molecule has 1 atom stereocenters. The molecule has 1 aromatic carbocycles. The summed E-state index contributed by atoms with van der Waals surface area (Å²) in [5, 5.41) is 0. The SMILES string of the molecule is C=CCOC(CCC1CCC(CCCCC2CCC(CC=C)CC2)CC1)c1ccccc1. The summed E-state index contributed by atoms with van der Waals surface area (Å²) in [4.78, 5) is 0. The summed E-state index contributed by atoms with van der Waals surface area (Å²) in [7, 11) is 0. The van der Waals surface area contributed by atoms with E-state index in [1.165, 1.54) is 95.5 Å². The van der Waals surface area contributed by atoms with Crippen LogP contribution in [0.15, 0.2) is 55.6 Å². The maximum absolute atomic E-state index is 6.10. The number of allylic oxidation sites excluding steroid dienone is 1. The summed E-state index contributed by atoms with van der Waals surface area (Å²) in [6, 6.07) is 10.7. The van der Waals surface area contributed by atoms with Gasteiger partial charge in [0.05, 0.1) is 12.7 Å². The Balaban J connectivity index is 1.26. The van der Waals surface area contributed by atoms with E-state index in [0.29, 0.717) is 6.61 Å². The molecule has 1 unspecified atom stereocenters. The van der Waals surface area contributed by atoms with Crippen LogP contribution in [0.4, 0.5) is 0 Å². The van der Waals surface area contributed by atoms with E-state index in [9.17, 15) is 0 Å². The molecule has 0 saturated heterocycles. The van der Waals surface area contributed by atoms with E-state index in [1.54, 1.807) is 0 Å². The first-order chi connectivity index (χ1) is 15.8. The van der Waals surface area contributed by atoms with E-state index in [1.807, 2.05) is 6.08 Å². The third-order valence-electron chi connectivity index (χ3n) is 8.33. The van der Waals surface area contributed by atoms with Gasteiger partial charge < -0.3 is 4.74 Å². The fourth-order valence-electron chi connectivity index (χ4n) is 6.25. The highest BCUT2D eigenvalue weighted by atomic mass is 16.5. The second-order valence-corrected chi connectivity index (χ2v) is 10.7. The number of unbranched alkanes of at least 4 members (excludes halogenated alkanes) is 1. The lowest BCUT2D eigenvalue weighted by molar-refractivity contribution is 0.0595. The number of hydrogen-bond acceptors (Lipinski definition) is 1. The lowest BCUT2D eigenvalue weighted by atomic mass is 9.76. The zero-order valence-corrected chi connectivity index (χ0v) is 20.6. The second-order valence-electron chi connectivity index (χ2n) is 10.7. The van der Waals surface area contributed by atoms with Gasteiger partial charge in [0.15, 0.2) is 0 Å². The third-order valence-corrected chi connectivity index (χ3v) is 8.33. The zero-order valence-electron chi connectivity index (χ0n) is 20.6. The molecule has 2 aliphatic rings. The number of benzene rings is 1. The highest BCUT2D eigenvalue weighted by molar-refractivity contribution is 5.17. The molecule has 0 bridgehead atoms. The van der Waals surface area contributed by atoms with Gasteiger partial charge in [-0.1, -0.05) is 107 Å². The Labute approximate surface area is 198 Å². The fourth-order valence-corrected chi connectivity index (χ4v) is 6.25. The minimum absolute atomic E-state index is 0.221. The van der Waals surface area contributed by atoms with Gasteiger partial charge in [0.25, 0.3) is 0 Å². The van der Waals surface area contributed by atoms with Gasteiger partial charge in [-0.25, -0.2) is 0 Å². The molecule has 0 radical (unpaired) electrons. The highest BCUT2D eigenvalue weighted by Gasteiger charge is 2.23. The van der Waals surface area contributed by atoms with E-state index < -0.39 is 0 Å². The van der Waals surface area contributed by atoms with Gasteiger partial charge in [-0.15, -0.1) is 13.2 Å². The predicted octanol–water partition coefficient (Wildman–Crippen LogP) is 9.46.